The average Bonchev–Trinajstić information content (AvgIpc) is 3.13. The van der Waals surface area contributed by atoms with Gasteiger partial charge in [-0.2, -0.15) is 13.2 Å². The number of pyridine rings is 1. The number of hydrogen-bond donors (Lipinski definition) is 3. The second kappa shape index (κ2) is 11.6. The van der Waals surface area contributed by atoms with Gasteiger partial charge in [-0.3, -0.25) is 4.99 Å². The molecule has 2 heterocycles. The van der Waals surface area contributed by atoms with Crippen LogP contribution in [0.15, 0.2) is 17.3 Å². The van der Waals surface area contributed by atoms with Crippen LogP contribution >= 0.6 is 35.6 Å². The first-order chi connectivity index (χ1) is 13.6. The largest absolute Gasteiger partial charge is 0.417 e. The maximum atomic E-state index is 12.8. The number of aliphatic imine (C=N–C) groups is 1. The summed E-state index contributed by atoms with van der Waals surface area (Å²) in [4.78, 5) is 10.4. The van der Waals surface area contributed by atoms with Crippen molar-refractivity contribution >= 4 is 47.4 Å². The lowest BCUT2D eigenvalue weighted by molar-refractivity contribution is -0.137. The number of guanidine groups is 1. The lowest BCUT2D eigenvalue weighted by atomic mass is 9.89. The van der Waals surface area contributed by atoms with Crippen LogP contribution in [0.1, 0.15) is 39.2 Å². The van der Waals surface area contributed by atoms with E-state index in [0.717, 1.165) is 25.1 Å². The van der Waals surface area contributed by atoms with Crippen molar-refractivity contribution in [2.75, 3.05) is 37.7 Å². The van der Waals surface area contributed by atoms with E-state index >= 15 is 0 Å². The van der Waals surface area contributed by atoms with Crippen molar-refractivity contribution in [2.45, 2.75) is 45.8 Å². The molecule has 0 aliphatic carbocycles. The number of alkyl halides is 3. The fraction of sp³-hybridized carbons (Fsp3) is 0.684. The van der Waals surface area contributed by atoms with E-state index in [2.05, 4.69) is 20.6 Å². The molecular weight excluding hydrogens is 534 g/mol. The number of aromatic nitrogens is 1. The standard InChI is InChI=1S/C19H29ClF3N5O.HI/c1-4-18(3,12-29)11-26-17(24-5-2)27-14-6-7-28(10-14)16-15(20)8-13(9-25-16)19(21,22)23;/h8-9,14,29H,4-7,10-12H2,1-3H3,(H2,24,26,27);1H. The third kappa shape index (κ3) is 7.30. The molecule has 3 N–H and O–H groups in total. The van der Waals surface area contributed by atoms with Crippen LogP contribution in [0, 0.1) is 5.41 Å². The van der Waals surface area contributed by atoms with E-state index in [-0.39, 0.29) is 47.1 Å². The van der Waals surface area contributed by atoms with Crippen LogP contribution in [-0.2, 0) is 6.18 Å². The first kappa shape index (κ1) is 27.0. The highest BCUT2D eigenvalue weighted by atomic mass is 127. The molecule has 1 aromatic heterocycles. The number of aliphatic hydroxyl groups excluding tert-OH is 1. The Balaban J connectivity index is 0.00000450. The molecular formula is C19H30ClF3IN5O. The lowest BCUT2D eigenvalue weighted by Gasteiger charge is -2.25. The van der Waals surface area contributed by atoms with Gasteiger partial charge in [0.25, 0.3) is 0 Å². The van der Waals surface area contributed by atoms with Crippen LogP contribution in [0.5, 0.6) is 0 Å². The molecule has 2 rings (SSSR count). The SMILES string of the molecule is CCNC(=NCC(C)(CC)CO)NC1CCN(c2ncc(C(F)(F)F)cc2Cl)C1.I. The topological polar surface area (TPSA) is 72.8 Å². The number of nitrogens with zero attached hydrogens (tertiary/aromatic N) is 3. The van der Waals surface area contributed by atoms with Gasteiger partial charge in [0.05, 0.1) is 23.7 Å². The summed E-state index contributed by atoms with van der Waals surface area (Å²) >= 11 is 6.07. The molecule has 0 radical (unpaired) electrons. The summed E-state index contributed by atoms with van der Waals surface area (Å²) in [5, 5.41) is 16.1. The molecule has 11 heteroatoms. The van der Waals surface area contributed by atoms with Crippen LogP contribution < -0.4 is 15.5 Å². The Labute approximate surface area is 197 Å². The number of nitrogens with one attached hydrogen (secondary N) is 2. The summed E-state index contributed by atoms with van der Waals surface area (Å²) in [6.07, 6.45) is -2.08. The monoisotopic (exact) mass is 563 g/mol. The van der Waals surface area contributed by atoms with Gasteiger partial charge in [-0.15, -0.1) is 24.0 Å². The Morgan fingerprint density at radius 2 is 2.10 bits per heavy atom. The second-order valence-electron chi connectivity index (χ2n) is 7.62. The van der Waals surface area contributed by atoms with Crippen LogP contribution in [0.2, 0.25) is 5.02 Å². The lowest BCUT2D eigenvalue weighted by Crippen LogP contribution is -2.45. The molecule has 172 valence electrons. The van der Waals surface area contributed by atoms with E-state index in [1.54, 1.807) is 0 Å². The summed E-state index contributed by atoms with van der Waals surface area (Å²) in [5.41, 5.74) is -1.13. The molecule has 0 spiro atoms. The summed E-state index contributed by atoms with van der Waals surface area (Å²) in [5.74, 6) is 1.00. The quantitative estimate of drug-likeness (QED) is 0.267. The van der Waals surface area contributed by atoms with Gasteiger partial charge in [-0.25, -0.2) is 4.98 Å². The minimum absolute atomic E-state index is 0. The number of aliphatic hydroxyl groups is 1. The molecule has 1 saturated heterocycles. The fourth-order valence-corrected chi connectivity index (χ4v) is 3.23. The molecule has 2 unspecified atom stereocenters. The smallest absolute Gasteiger partial charge is 0.396 e. The molecule has 2 atom stereocenters. The number of hydrogen-bond acceptors (Lipinski definition) is 4. The summed E-state index contributed by atoms with van der Waals surface area (Å²) in [7, 11) is 0. The normalized spacial score (nSPS) is 19.3. The van der Waals surface area contributed by atoms with Gasteiger partial charge in [-0.1, -0.05) is 25.4 Å². The van der Waals surface area contributed by atoms with Gasteiger partial charge >= 0.3 is 6.18 Å². The average molecular weight is 564 g/mol. The molecule has 0 aromatic carbocycles. The van der Waals surface area contributed by atoms with E-state index in [9.17, 15) is 18.3 Å². The van der Waals surface area contributed by atoms with Crippen LogP contribution in [-0.4, -0.2) is 54.9 Å². The van der Waals surface area contributed by atoms with Crippen molar-refractivity contribution in [3.63, 3.8) is 0 Å². The third-order valence-corrected chi connectivity index (χ3v) is 5.45. The Morgan fingerprint density at radius 1 is 1.40 bits per heavy atom. The van der Waals surface area contributed by atoms with Gasteiger partial charge in [0.2, 0.25) is 0 Å². The maximum Gasteiger partial charge on any atom is 0.417 e. The zero-order chi connectivity index (χ0) is 21.7. The van der Waals surface area contributed by atoms with Gasteiger partial charge in [-0.05, 0) is 25.8 Å². The minimum atomic E-state index is -4.47. The zero-order valence-corrected chi connectivity index (χ0v) is 20.5. The van der Waals surface area contributed by atoms with Crippen molar-refractivity contribution in [3.05, 3.63) is 22.8 Å². The molecule has 1 fully saturated rings. The molecule has 1 aliphatic heterocycles. The number of halogens is 5. The highest BCUT2D eigenvalue weighted by Crippen LogP contribution is 2.34. The predicted molar refractivity (Wildman–Crippen MR) is 125 cm³/mol. The zero-order valence-electron chi connectivity index (χ0n) is 17.4. The first-order valence-electron chi connectivity index (χ1n) is 9.75. The summed E-state index contributed by atoms with van der Waals surface area (Å²) in [6, 6.07) is 0.964. The Kier molecular flexibility index (Phi) is 10.4. The molecule has 1 aromatic rings. The van der Waals surface area contributed by atoms with E-state index in [0.29, 0.717) is 38.0 Å². The van der Waals surface area contributed by atoms with Crippen molar-refractivity contribution in [3.8, 4) is 0 Å². The van der Waals surface area contributed by atoms with Crippen molar-refractivity contribution < 1.29 is 18.3 Å². The van der Waals surface area contributed by atoms with E-state index in [1.807, 2.05) is 25.7 Å². The highest BCUT2D eigenvalue weighted by molar-refractivity contribution is 14.0. The number of rotatable bonds is 7. The van der Waals surface area contributed by atoms with Crippen LogP contribution in [0.4, 0.5) is 19.0 Å². The van der Waals surface area contributed by atoms with Gasteiger partial charge < -0.3 is 20.6 Å². The summed E-state index contributed by atoms with van der Waals surface area (Å²) < 4.78 is 38.4. The predicted octanol–water partition coefficient (Wildman–Crippen LogP) is 3.91. The molecule has 30 heavy (non-hydrogen) atoms. The van der Waals surface area contributed by atoms with E-state index in [4.69, 9.17) is 11.6 Å². The third-order valence-electron chi connectivity index (χ3n) is 5.18. The Bertz CT molecular complexity index is 716. The maximum absolute atomic E-state index is 12.8. The van der Waals surface area contributed by atoms with Gasteiger partial charge in [0.1, 0.15) is 5.82 Å². The van der Waals surface area contributed by atoms with Crippen LogP contribution in [0.3, 0.4) is 0 Å². The molecule has 0 saturated carbocycles. The highest BCUT2D eigenvalue weighted by Gasteiger charge is 2.33. The molecule has 0 amide bonds. The summed E-state index contributed by atoms with van der Waals surface area (Å²) in [6.45, 7) is 8.37. The molecule has 1 aliphatic rings. The first-order valence-corrected chi connectivity index (χ1v) is 10.1. The molecule has 0 bridgehead atoms. The number of anilines is 1. The van der Waals surface area contributed by atoms with E-state index in [1.165, 1.54) is 0 Å². The van der Waals surface area contributed by atoms with Crippen molar-refractivity contribution in [1.82, 2.24) is 15.6 Å². The second-order valence-corrected chi connectivity index (χ2v) is 8.03. The van der Waals surface area contributed by atoms with Crippen molar-refractivity contribution in [1.29, 1.82) is 0 Å². The van der Waals surface area contributed by atoms with Crippen molar-refractivity contribution in [2.24, 2.45) is 10.4 Å². The van der Waals surface area contributed by atoms with Crippen LogP contribution in [0.25, 0.3) is 0 Å². The Hall–Kier alpha value is -1.01. The fourth-order valence-electron chi connectivity index (χ4n) is 2.95. The minimum Gasteiger partial charge on any atom is -0.396 e. The van der Waals surface area contributed by atoms with Gasteiger partial charge in [0, 0.05) is 37.3 Å². The molecule has 6 nitrogen and oxygen atoms in total. The van der Waals surface area contributed by atoms with Gasteiger partial charge in [0.15, 0.2) is 5.96 Å². The van der Waals surface area contributed by atoms with E-state index < -0.39 is 11.7 Å². The Morgan fingerprint density at radius 3 is 2.63 bits per heavy atom.